The minimum Gasteiger partial charge on any atom is -0.497 e. The van der Waals surface area contributed by atoms with Crippen molar-refractivity contribution < 1.29 is 14.3 Å². The summed E-state index contributed by atoms with van der Waals surface area (Å²) in [5, 5.41) is 0. The highest BCUT2D eigenvalue weighted by atomic mass is 16.5. The highest BCUT2D eigenvalue weighted by Crippen LogP contribution is 2.34. The molecule has 0 bridgehead atoms. The van der Waals surface area contributed by atoms with Gasteiger partial charge in [-0.3, -0.25) is 4.79 Å². The predicted octanol–water partition coefficient (Wildman–Crippen LogP) is 3.42. The normalized spacial score (nSPS) is 18.0. The summed E-state index contributed by atoms with van der Waals surface area (Å²) >= 11 is 0. The first kappa shape index (κ1) is 14.9. The van der Waals surface area contributed by atoms with Gasteiger partial charge in [-0.15, -0.1) is 0 Å². The van der Waals surface area contributed by atoms with Crippen LogP contribution in [0.5, 0.6) is 11.5 Å². The van der Waals surface area contributed by atoms with Gasteiger partial charge in [-0.25, -0.2) is 0 Å². The number of nitrogens with zero attached hydrogens (tertiary/aromatic N) is 1. The van der Waals surface area contributed by atoms with Gasteiger partial charge in [0.25, 0.3) is 0 Å². The van der Waals surface area contributed by atoms with E-state index in [9.17, 15) is 4.79 Å². The van der Waals surface area contributed by atoms with Gasteiger partial charge in [0.05, 0.1) is 14.2 Å². The van der Waals surface area contributed by atoms with E-state index in [0.717, 1.165) is 37.9 Å². The molecule has 1 fully saturated rings. The zero-order chi connectivity index (χ0) is 15.5. The number of allylic oxidation sites excluding steroid dienone is 2. The van der Waals surface area contributed by atoms with Gasteiger partial charge in [0.1, 0.15) is 11.5 Å². The molecular formula is C18H23NO3. The van der Waals surface area contributed by atoms with Crippen molar-refractivity contribution in [1.82, 2.24) is 4.90 Å². The molecule has 0 N–H and O–H groups in total. The molecule has 0 saturated carbocycles. The molecule has 1 saturated heterocycles. The first-order valence-electron chi connectivity index (χ1n) is 7.97. The van der Waals surface area contributed by atoms with Crippen LogP contribution >= 0.6 is 0 Å². The topological polar surface area (TPSA) is 38.8 Å². The third-order valence-electron chi connectivity index (χ3n) is 4.56. The van der Waals surface area contributed by atoms with Crippen molar-refractivity contribution in [2.45, 2.75) is 32.1 Å². The highest BCUT2D eigenvalue weighted by Gasteiger charge is 2.27. The van der Waals surface area contributed by atoms with Crippen molar-refractivity contribution in [2.24, 2.45) is 0 Å². The number of likely N-dealkylation sites (tertiary alicyclic amines) is 1. The molecule has 0 radical (unpaired) electrons. The number of rotatable bonds is 5. The smallest absolute Gasteiger partial charge is 0.191 e. The summed E-state index contributed by atoms with van der Waals surface area (Å²) in [7, 11) is 3.21. The number of Topliss-reactive ketones (excluding diaryl/α,β-unsaturated/α-hetero) is 1. The molecule has 1 aliphatic heterocycles. The molecule has 1 aliphatic carbocycles. The summed E-state index contributed by atoms with van der Waals surface area (Å²) in [6.07, 6.45) is 5.45. The van der Waals surface area contributed by atoms with Crippen molar-refractivity contribution >= 4 is 5.78 Å². The number of ketones is 1. The van der Waals surface area contributed by atoms with Crippen LogP contribution < -0.4 is 9.47 Å². The van der Waals surface area contributed by atoms with E-state index in [4.69, 9.17) is 9.47 Å². The van der Waals surface area contributed by atoms with Gasteiger partial charge in [-0.1, -0.05) is 0 Å². The van der Waals surface area contributed by atoms with Crippen molar-refractivity contribution in [3.63, 3.8) is 0 Å². The van der Waals surface area contributed by atoms with Gasteiger partial charge in [-0.05, 0) is 44.2 Å². The number of hydrogen-bond donors (Lipinski definition) is 0. The zero-order valence-corrected chi connectivity index (χ0v) is 13.4. The molecule has 0 aromatic heterocycles. The number of carbonyl (C=O) groups excluding carboxylic acids is 1. The average molecular weight is 301 g/mol. The molecular weight excluding hydrogens is 278 g/mol. The lowest BCUT2D eigenvalue weighted by molar-refractivity contribution is 0.102. The number of carbonyl (C=O) groups is 1. The summed E-state index contributed by atoms with van der Waals surface area (Å²) in [5.74, 6) is 1.43. The maximum atomic E-state index is 13.0. The third kappa shape index (κ3) is 2.82. The summed E-state index contributed by atoms with van der Waals surface area (Å²) < 4.78 is 10.6. The highest BCUT2D eigenvalue weighted by molar-refractivity contribution is 6.09. The van der Waals surface area contributed by atoms with Gasteiger partial charge >= 0.3 is 0 Å². The Morgan fingerprint density at radius 3 is 2.18 bits per heavy atom. The molecule has 2 aliphatic rings. The van der Waals surface area contributed by atoms with Crippen LogP contribution in [0.2, 0.25) is 0 Å². The molecule has 4 nitrogen and oxygen atoms in total. The maximum absolute atomic E-state index is 13.0. The van der Waals surface area contributed by atoms with Crippen molar-refractivity contribution in [3.05, 3.63) is 35.0 Å². The molecule has 22 heavy (non-hydrogen) atoms. The van der Waals surface area contributed by atoms with Crippen LogP contribution in [-0.4, -0.2) is 38.0 Å². The van der Waals surface area contributed by atoms with Gasteiger partial charge in [0.2, 0.25) is 0 Å². The van der Waals surface area contributed by atoms with Crippen LogP contribution in [0.15, 0.2) is 29.5 Å². The lowest BCUT2D eigenvalue weighted by atomic mass is 10.0. The SMILES string of the molecule is COc1cc(OC)cc(C(=O)C2=C(N3CCCC3)CCC2)c1. The van der Waals surface area contributed by atoms with Gasteiger partial charge in [0.15, 0.2) is 5.78 Å². The number of hydrogen-bond acceptors (Lipinski definition) is 4. The zero-order valence-electron chi connectivity index (χ0n) is 13.4. The minimum atomic E-state index is 0.122. The Morgan fingerprint density at radius 2 is 1.59 bits per heavy atom. The molecule has 1 aromatic carbocycles. The molecule has 1 aromatic rings. The lowest BCUT2D eigenvalue weighted by Crippen LogP contribution is -2.20. The molecule has 3 rings (SSSR count). The summed E-state index contributed by atoms with van der Waals surface area (Å²) in [6.45, 7) is 2.18. The third-order valence-corrected chi connectivity index (χ3v) is 4.56. The van der Waals surface area contributed by atoms with Crippen LogP contribution in [-0.2, 0) is 0 Å². The number of methoxy groups -OCH3 is 2. The quantitative estimate of drug-likeness (QED) is 0.781. The van der Waals surface area contributed by atoms with Crippen LogP contribution in [0.4, 0.5) is 0 Å². The molecule has 1 heterocycles. The van der Waals surface area contributed by atoms with E-state index in [0.29, 0.717) is 17.1 Å². The van der Waals surface area contributed by atoms with Gasteiger partial charge in [0, 0.05) is 36.0 Å². The largest absolute Gasteiger partial charge is 0.497 e. The summed E-state index contributed by atoms with van der Waals surface area (Å²) in [5.41, 5.74) is 2.91. The minimum absolute atomic E-state index is 0.122. The van der Waals surface area contributed by atoms with Crippen molar-refractivity contribution in [2.75, 3.05) is 27.3 Å². The fourth-order valence-electron chi connectivity index (χ4n) is 3.42. The fraction of sp³-hybridized carbons (Fsp3) is 0.500. The molecule has 0 unspecified atom stereocenters. The van der Waals surface area contributed by atoms with E-state index in [1.807, 2.05) is 0 Å². The van der Waals surface area contributed by atoms with E-state index < -0.39 is 0 Å². The Kier molecular flexibility index (Phi) is 4.36. The van der Waals surface area contributed by atoms with E-state index in [-0.39, 0.29) is 5.78 Å². The maximum Gasteiger partial charge on any atom is 0.191 e. The van der Waals surface area contributed by atoms with E-state index in [2.05, 4.69) is 4.90 Å². The second-order valence-corrected chi connectivity index (χ2v) is 5.90. The summed E-state index contributed by atoms with van der Waals surface area (Å²) in [6, 6.07) is 5.40. The van der Waals surface area contributed by atoms with E-state index in [1.54, 1.807) is 32.4 Å². The number of ether oxygens (including phenoxy) is 2. The lowest BCUT2D eigenvalue weighted by Gasteiger charge is -2.21. The second kappa shape index (κ2) is 6.42. The standard InChI is InChI=1S/C18H23NO3/c1-21-14-10-13(11-15(12-14)22-2)18(20)16-6-5-7-17(16)19-8-3-4-9-19/h10-12H,3-9H2,1-2H3. The van der Waals surface area contributed by atoms with Gasteiger partial charge < -0.3 is 14.4 Å². The molecule has 0 amide bonds. The Labute approximate surface area is 131 Å². The Bertz CT molecular complexity index is 578. The first-order chi connectivity index (χ1) is 10.7. The Morgan fingerprint density at radius 1 is 0.955 bits per heavy atom. The van der Waals surface area contributed by atoms with Crippen LogP contribution in [0.25, 0.3) is 0 Å². The van der Waals surface area contributed by atoms with Crippen LogP contribution in [0, 0.1) is 0 Å². The predicted molar refractivity (Wildman–Crippen MR) is 85.6 cm³/mol. The average Bonchev–Trinajstić information content (AvgIpc) is 3.23. The Balaban J connectivity index is 1.93. The molecule has 0 atom stereocenters. The second-order valence-electron chi connectivity index (χ2n) is 5.90. The molecule has 118 valence electrons. The van der Waals surface area contributed by atoms with E-state index in [1.165, 1.54) is 18.5 Å². The van der Waals surface area contributed by atoms with Crippen LogP contribution in [0.1, 0.15) is 42.5 Å². The summed E-state index contributed by atoms with van der Waals surface area (Å²) in [4.78, 5) is 15.4. The van der Waals surface area contributed by atoms with Crippen LogP contribution in [0.3, 0.4) is 0 Å². The number of benzene rings is 1. The fourth-order valence-corrected chi connectivity index (χ4v) is 3.42. The Hall–Kier alpha value is -1.97. The van der Waals surface area contributed by atoms with Gasteiger partial charge in [-0.2, -0.15) is 0 Å². The van der Waals surface area contributed by atoms with Crippen molar-refractivity contribution in [3.8, 4) is 11.5 Å². The first-order valence-corrected chi connectivity index (χ1v) is 7.97. The monoisotopic (exact) mass is 301 g/mol. The van der Waals surface area contributed by atoms with Crippen molar-refractivity contribution in [1.29, 1.82) is 0 Å². The van der Waals surface area contributed by atoms with E-state index >= 15 is 0 Å². The molecule has 0 spiro atoms. The molecule has 4 heteroatoms.